The molecular weight excluding hydrogens is 192 g/mol. The minimum Gasteiger partial charge on any atom is -0.522 e. The second kappa shape index (κ2) is 4.40. The van der Waals surface area contributed by atoms with E-state index in [2.05, 4.69) is 4.74 Å². The molecular formula is C9H11BF3O-. The van der Waals surface area contributed by atoms with Gasteiger partial charge in [0.05, 0.1) is 6.51 Å². The third kappa shape index (κ3) is 3.72. The molecule has 0 spiro atoms. The van der Waals surface area contributed by atoms with E-state index in [0.29, 0.717) is 0 Å². The molecule has 0 heterocycles. The third-order valence-electron chi connectivity index (χ3n) is 1.77. The van der Waals surface area contributed by atoms with Gasteiger partial charge in [-0.1, -0.05) is 19.1 Å². The Morgan fingerprint density at radius 1 is 1.14 bits per heavy atom. The van der Waals surface area contributed by atoms with Crippen molar-refractivity contribution in [3.63, 3.8) is 0 Å². The van der Waals surface area contributed by atoms with Crippen molar-refractivity contribution in [3.8, 4) is 5.75 Å². The molecule has 14 heavy (non-hydrogen) atoms. The van der Waals surface area contributed by atoms with Crippen LogP contribution in [-0.4, -0.2) is 13.5 Å². The van der Waals surface area contributed by atoms with Crippen molar-refractivity contribution in [3.05, 3.63) is 29.8 Å². The summed E-state index contributed by atoms with van der Waals surface area (Å²) in [6.07, 6.45) is 0.865. The molecule has 0 atom stereocenters. The van der Waals surface area contributed by atoms with Crippen LogP contribution in [0.4, 0.5) is 12.9 Å². The highest BCUT2D eigenvalue weighted by Crippen LogP contribution is 2.15. The van der Waals surface area contributed by atoms with E-state index in [4.69, 9.17) is 0 Å². The van der Waals surface area contributed by atoms with Gasteiger partial charge in [0.2, 0.25) is 0 Å². The van der Waals surface area contributed by atoms with Gasteiger partial charge in [-0.2, -0.15) is 0 Å². The number of rotatable bonds is 4. The van der Waals surface area contributed by atoms with Gasteiger partial charge in [-0.05, 0) is 24.1 Å². The predicted molar refractivity (Wildman–Crippen MR) is 50.4 cm³/mol. The van der Waals surface area contributed by atoms with Gasteiger partial charge in [-0.3, -0.25) is 0 Å². The van der Waals surface area contributed by atoms with Crippen molar-refractivity contribution in [1.29, 1.82) is 0 Å². The second-order valence-corrected chi connectivity index (χ2v) is 3.02. The van der Waals surface area contributed by atoms with E-state index in [0.717, 1.165) is 12.0 Å². The van der Waals surface area contributed by atoms with Crippen LogP contribution >= 0.6 is 0 Å². The highest BCUT2D eigenvalue weighted by atomic mass is 19.4. The van der Waals surface area contributed by atoms with Gasteiger partial charge in [-0.25, -0.2) is 0 Å². The number of benzene rings is 1. The highest BCUT2D eigenvalue weighted by Gasteiger charge is 2.23. The molecule has 1 rings (SSSR count). The molecule has 0 N–H and O–H groups in total. The molecule has 0 amide bonds. The van der Waals surface area contributed by atoms with Gasteiger partial charge < -0.3 is 17.7 Å². The molecule has 0 unspecified atom stereocenters. The zero-order chi connectivity index (χ0) is 10.6. The van der Waals surface area contributed by atoms with Gasteiger partial charge in [0.15, 0.2) is 0 Å². The van der Waals surface area contributed by atoms with Crippen LogP contribution in [0.5, 0.6) is 5.75 Å². The van der Waals surface area contributed by atoms with Gasteiger partial charge in [0.1, 0.15) is 5.75 Å². The van der Waals surface area contributed by atoms with Crippen LogP contribution in [0.25, 0.3) is 0 Å². The number of hydrogen-bond acceptors (Lipinski definition) is 1. The lowest BCUT2D eigenvalue weighted by Crippen LogP contribution is -2.26. The topological polar surface area (TPSA) is 9.23 Å². The standard InChI is InChI=1S/C9H11BF3O/c1-2-8-3-5-9(6-4-8)14-7-10(11,12)13/h3-6H,2,7H2,1H3/q-1. The molecule has 0 aliphatic rings. The second-order valence-electron chi connectivity index (χ2n) is 3.02. The molecule has 5 heteroatoms. The van der Waals surface area contributed by atoms with Crippen LogP contribution < -0.4 is 4.74 Å². The Kier molecular flexibility index (Phi) is 3.44. The Hall–Kier alpha value is -1.13. The molecule has 0 radical (unpaired) electrons. The monoisotopic (exact) mass is 203 g/mol. The number of ether oxygens (including phenoxy) is 1. The fourth-order valence-electron chi connectivity index (χ4n) is 1.01. The first kappa shape index (κ1) is 11.0. The van der Waals surface area contributed by atoms with Crippen LogP contribution in [0.1, 0.15) is 12.5 Å². The maximum absolute atomic E-state index is 11.8. The molecule has 1 nitrogen and oxygen atoms in total. The summed E-state index contributed by atoms with van der Waals surface area (Å²) < 4.78 is 40.0. The van der Waals surface area contributed by atoms with Crippen LogP contribution in [0, 0.1) is 0 Å². The summed E-state index contributed by atoms with van der Waals surface area (Å²) in [6, 6.07) is 6.64. The fourth-order valence-corrected chi connectivity index (χ4v) is 1.01. The van der Waals surface area contributed by atoms with Crippen LogP contribution in [0.2, 0.25) is 0 Å². The molecule has 0 bridgehead atoms. The van der Waals surface area contributed by atoms with Gasteiger partial charge in [0.25, 0.3) is 0 Å². The van der Waals surface area contributed by atoms with Crippen molar-refractivity contribution in [2.75, 3.05) is 6.51 Å². The van der Waals surface area contributed by atoms with Crippen LogP contribution in [0.3, 0.4) is 0 Å². The van der Waals surface area contributed by atoms with E-state index in [-0.39, 0.29) is 5.75 Å². The van der Waals surface area contributed by atoms with Crippen molar-refractivity contribution >= 4 is 6.98 Å². The number of aryl methyl sites for hydroxylation is 1. The number of hydrogen-bond donors (Lipinski definition) is 0. The molecule has 0 fully saturated rings. The van der Waals surface area contributed by atoms with Gasteiger partial charge in [0, 0.05) is 0 Å². The summed E-state index contributed by atoms with van der Waals surface area (Å²) in [6.45, 7) is -4.06. The third-order valence-corrected chi connectivity index (χ3v) is 1.77. The van der Waals surface area contributed by atoms with Crippen molar-refractivity contribution in [1.82, 2.24) is 0 Å². The molecule has 0 aliphatic carbocycles. The van der Waals surface area contributed by atoms with E-state index < -0.39 is 13.5 Å². The zero-order valence-electron chi connectivity index (χ0n) is 7.84. The van der Waals surface area contributed by atoms with E-state index in [1.165, 1.54) is 0 Å². The van der Waals surface area contributed by atoms with Gasteiger partial charge >= 0.3 is 6.98 Å². The lowest BCUT2D eigenvalue weighted by molar-refractivity contribution is 0.313. The first-order valence-electron chi connectivity index (χ1n) is 4.44. The van der Waals surface area contributed by atoms with E-state index in [1.807, 2.05) is 6.92 Å². The maximum Gasteiger partial charge on any atom is 0.515 e. The average Bonchev–Trinajstić information content (AvgIpc) is 2.14. The quantitative estimate of drug-likeness (QED) is 0.683. The predicted octanol–water partition coefficient (Wildman–Crippen LogP) is 3.01. The summed E-state index contributed by atoms with van der Waals surface area (Å²) in [5, 5.41) is 0. The number of halogens is 3. The summed E-state index contributed by atoms with van der Waals surface area (Å²) >= 11 is 0. The zero-order valence-corrected chi connectivity index (χ0v) is 7.84. The minimum absolute atomic E-state index is 0.265. The summed E-state index contributed by atoms with van der Waals surface area (Å²) in [4.78, 5) is 0. The maximum atomic E-state index is 11.8. The smallest absolute Gasteiger partial charge is 0.515 e. The minimum atomic E-state index is -4.86. The Morgan fingerprint density at radius 2 is 1.71 bits per heavy atom. The summed E-state index contributed by atoms with van der Waals surface area (Å²) in [5.41, 5.74) is 1.08. The van der Waals surface area contributed by atoms with E-state index in [1.54, 1.807) is 24.3 Å². The Labute approximate surface area is 80.9 Å². The molecule has 0 aromatic heterocycles. The normalized spacial score (nSPS) is 11.4. The Bertz CT molecular complexity index is 281. The van der Waals surface area contributed by atoms with Gasteiger partial charge in [-0.15, -0.1) is 0 Å². The first-order valence-corrected chi connectivity index (χ1v) is 4.44. The van der Waals surface area contributed by atoms with Crippen LogP contribution in [0.15, 0.2) is 24.3 Å². The van der Waals surface area contributed by atoms with Crippen molar-refractivity contribution < 1.29 is 17.7 Å². The highest BCUT2D eigenvalue weighted by molar-refractivity contribution is 6.58. The SMILES string of the molecule is CCc1ccc(OC[B-](F)(F)F)cc1. The van der Waals surface area contributed by atoms with Crippen molar-refractivity contribution in [2.24, 2.45) is 0 Å². The molecule has 1 aromatic rings. The molecule has 0 saturated carbocycles. The lowest BCUT2D eigenvalue weighted by Gasteiger charge is -2.15. The van der Waals surface area contributed by atoms with E-state index in [9.17, 15) is 12.9 Å². The summed E-state index contributed by atoms with van der Waals surface area (Å²) in [7, 11) is 0. The first-order chi connectivity index (χ1) is 6.51. The van der Waals surface area contributed by atoms with E-state index >= 15 is 0 Å². The fraction of sp³-hybridized carbons (Fsp3) is 0.333. The molecule has 0 aliphatic heterocycles. The molecule has 0 saturated heterocycles. The van der Waals surface area contributed by atoms with Crippen molar-refractivity contribution in [2.45, 2.75) is 13.3 Å². The molecule has 78 valence electrons. The average molecular weight is 203 g/mol. The summed E-state index contributed by atoms with van der Waals surface area (Å²) in [5.74, 6) is 0.265. The van der Waals surface area contributed by atoms with Crippen LogP contribution in [-0.2, 0) is 6.42 Å². The Morgan fingerprint density at radius 3 is 2.14 bits per heavy atom. The molecule has 1 aromatic carbocycles. The lowest BCUT2D eigenvalue weighted by atomic mass is 9.95. The Balaban J connectivity index is 2.52. The largest absolute Gasteiger partial charge is 0.522 e.